The summed E-state index contributed by atoms with van der Waals surface area (Å²) in [4.78, 5) is 23.1. The molecule has 0 unspecified atom stereocenters. The average Bonchev–Trinajstić information content (AvgIpc) is 2.20. The molecule has 1 amide bonds. The van der Waals surface area contributed by atoms with Gasteiger partial charge in [0.1, 0.15) is 11.6 Å². The first-order valence-corrected chi connectivity index (χ1v) is 4.61. The van der Waals surface area contributed by atoms with Crippen molar-refractivity contribution in [3.8, 4) is 0 Å². The van der Waals surface area contributed by atoms with Gasteiger partial charge >= 0.3 is 0 Å². The van der Waals surface area contributed by atoms with Crippen LogP contribution in [-0.2, 0) is 16.1 Å². The molecule has 5 heteroatoms. The van der Waals surface area contributed by atoms with Gasteiger partial charge in [0.25, 0.3) is 5.91 Å². The van der Waals surface area contributed by atoms with E-state index >= 15 is 0 Å². The molecule has 0 heterocycles. The molecule has 0 aliphatic carbocycles. The SMILES string of the molecule is CC(=O)C(=O)N(C)Cc1ccc(F)cc1F. The Morgan fingerprint density at radius 2 is 1.94 bits per heavy atom. The summed E-state index contributed by atoms with van der Waals surface area (Å²) >= 11 is 0. The van der Waals surface area contributed by atoms with E-state index in [1.807, 2.05) is 0 Å². The maximum atomic E-state index is 13.2. The minimum atomic E-state index is -0.733. The minimum Gasteiger partial charge on any atom is -0.335 e. The van der Waals surface area contributed by atoms with Gasteiger partial charge in [-0.15, -0.1) is 0 Å². The third-order valence-corrected chi connectivity index (χ3v) is 2.07. The second-order valence-corrected chi connectivity index (χ2v) is 3.45. The van der Waals surface area contributed by atoms with Crippen molar-refractivity contribution in [1.29, 1.82) is 0 Å². The summed E-state index contributed by atoms with van der Waals surface area (Å²) < 4.78 is 25.8. The van der Waals surface area contributed by atoms with E-state index in [-0.39, 0.29) is 12.1 Å². The number of amides is 1. The van der Waals surface area contributed by atoms with Gasteiger partial charge in [-0.2, -0.15) is 0 Å². The lowest BCUT2D eigenvalue weighted by molar-refractivity contribution is -0.143. The van der Waals surface area contributed by atoms with E-state index in [4.69, 9.17) is 0 Å². The minimum absolute atomic E-state index is 0.0650. The van der Waals surface area contributed by atoms with Crippen LogP contribution < -0.4 is 0 Å². The van der Waals surface area contributed by atoms with Crippen LogP contribution in [0.3, 0.4) is 0 Å². The van der Waals surface area contributed by atoms with Gasteiger partial charge in [0.05, 0.1) is 0 Å². The molecule has 0 bridgehead atoms. The summed E-state index contributed by atoms with van der Waals surface area (Å²) in [6, 6.07) is 3.08. The van der Waals surface area contributed by atoms with Gasteiger partial charge in [-0.1, -0.05) is 6.07 Å². The summed E-state index contributed by atoms with van der Waals surface area (Å²) in [6.45, 7) is 1.07. The zero-order valence-corrected chi connectivity index (χ0v) is 8.96. The zero-order valence-electron chi connectivity index (χ0n) is 8.96. The van der Waals surface area contributed by atoms with Crippen molar-refractivity contribution in [2.24, 2.45) is 0 Å². The highest BCUT2D eigenvalue weighted by Crippen LogP contribution is 2.11. The molecule has 0 aliphatic rings. The van der Waals surface area contributed by atoms with Crippen molar-refractivity contribution in [1.82, 2.24) is 4.90 Å². The Hall–Kier alpha value is -1.78. The van der Waals surface area contributed by atoms with Crippen LogP contribution >= 0.6 is 0 Å². The van der Waals surface area contributed by atoms with E-state index in [0.717, 1.165) is 24.0 Å². The van der Waals surface area contributed by atoms with Gasteiger partial charge in [-0.3, -0.25) is 9.59 Å². The Balaban J connectivity index is 2.81. The van der Waals surface area contributed by atoms with Crippen LogP contribution in [0.15, 0.2) is 18.2 Å². The predicted octanol–water partition coefficient (Wildman–Crippen LogP) is 1.51. The molecule has 0 atom stereocenters. The Kier molecular flexibility index (Phi) is 3.71. The largest absolute Gasteiger partial charge is 0.335 e. The van der Waals surface area contributed by atoms with Crippen molar-refractivity contribution in [3.63, 3.8) is 0 Å². The van der Waals surface area contributed by atoms with Crippen molar-refractivity contribution in [2.45, 2.75) is 13.5 Å². The van der Waals surface area contributed by atoms with Crippen LogP contribution in [0.1, 0.15) is 12.5 Å². The topological polar surface area (TPSA) is 37.4 Å². The smallest absolute Gasteiger partial charge is 0.289 e. The highest BCUT2D eigenvalue weighted by molar-refractivity contribution is 6.34. The maximum absolute atomic E-state index is 13.2. The molecular formula is C11H11F2NO2. The number of likely N-dealkylation sites (N-methyl/N-ethyl adjacent to an activating group) is 1. The second kappa shape index (κ2) is 4.83. The average molecular weight is 227 g/mol. The highest BCUT2D eigenvalue weighted by atomic mass is 19.1. The summed E-state index contributed by atoms with van der Waals surface area (Å²) in [5, 5.41) is 0. The molecule has 0 N–H and O–H groups in total. The number of carbonyl (C=O) groups excluding carboxylic acids is 2. The van der Waals surface area contributed by atoms with Gasteiger partial charge in [0, 0.05) is 32.1 Å². The van der Waals surface area contributed by atoms with E-state index in [0.29, 0.717) is 0 Å². The van der Waals surface area contributed by atoms with Gasteiger partial charge in [-0.05, 0) is 6.07 Å². The van der Waals surface area contributed by atoms with Gasteiger partial charge in [0.2, 0.25) is 5.78 Å². The Morgan fingerprint density at radius 3 is 2.44 bits per heavy atom. The molecule has 1 aromatic rings. The lowest BCUT2D eigenvalue weighted by Gasteiger charge is -2.15. The monoisotopic (exact) mass is 227 g/mol. The molecule has 0 radical (unpaired) electrons. The molecule has 1 aromatic carbocycles. The Bertz CT molecular complexity index is 432. The van der Waals surface area contributed by atoms with Crippen LogP contribution in [-0.4, -0.2) is 23.6 Å². The molecule has 1 rings (SSSR count). The van der Waals surface area contributed by atoms with E-state index in [1.54, 1.807) is 0 Å². The summed E-state index contributed by atoms with van der Waals surface area (Å²) in [7, 11) is 1.38. The highest BCUT2D eigenvalue weighted by Gasteiger charge is 2.15. The first-order chi connectivity index (χ1) is 7.41. The van der Waals surface area contributed by atoms with Crippen molar-refractivity contribution >= 4 is 11.7 Å². The van der Waals surface area contributed by atoms with E-state index in [1.165, 1.54) is 13.1 Å². The lowest BCUT2D eigenvalue weighted by atomic mass is 10.2. The van der Waals surface area contributed by atoms with E-state index < -0.39 is 23.3 Å². The third-order valence-electron chi connectivity index (χ3n) is 2.07. The molecular weight excluding hydrogens is 216 g/mol. The van der Waals surface area contributed by atoms with E-state index in [2.05, 4.69) is 0 Å². The molecule has 0 saturated heterocycles. The summed E-state index contributed by atoms with van der Waals surface area (Å²) in [5.41, 5.74) is 0.165. The fourth-order valence-electron chi connectivity index (χ4n) is 1.25. The molecule has 86 valence electrons. The standard InChI is InChI=1S/C11H11F2NO2/c1-7(15)11(16)14(2)6-8-3-4-9(12)5-10(8)13/h3-5H,6H2,1-2H3. The van der Waals surface area contributed by atoms with Crippen molar-refractivity contribution in [2.75, 3.05) is 7.05 Å². The molecule has 3 nitrogen and oxygen atoms in total. The van der Waals surface area contributed by atoms with Gasteiger partial charge in [-0.25, -0.2) is 8.78 Å². The van der Waals surface area contributed by atoms with Gasteiger partial charge in [0.15, 0.2) is 0 Å². The number of nitrogens with zero attached hydrogens (tertiary/aromatic N) is 1. The first-order valence-electron chi connectivity index (χ1n) is 4.61. The van der Waals surface area contributed by atoms with Crippen molar-refractivity contribution in [3.05, 3.63) is 35.4 Å². The Morgan fingerprint density at radius 1 is 1.31 bits per heavy atom. The number of ketones is 1. The number of hydrogen-bond acceptors (Lipinski definition) is 2. The quantitative estimate of drug-likeness (QED) is 0.734. The molecule has 0 aromatic heterocycles. The number of benzene rings is 1. The fourth-order valence-corrected chi connectivity index (χ4v) is 1.25. The fraction of sp³-hybridized carbons (Fsp3) is 0.273. The number of halogens is 2. The Labute approximate surface area is 91.7 Å². The lowest BCUT2D eigenvalue weighted by Crippen LogP contribution is -2.31. The van der Waals surface area contributed by atoms with Crippen LogP contribution in [0.2, 0.25) is 0 Å². The van der Waals surface area contributed by atoms with Crippen LogP contribution in [0.25, 0.3) is 0 Å². The molecule has 0 saturated carbocycles. The number of Topliss-reactive ketones (excluding diaryl/α,β-unsaturated/α-hetero) is 1. The third kappa shape index (κ3) is 2.85. The normalized spacial score (nSPS) is 10.0. The second-order valence-electron chi connectivity index (χ2n) is 3.45. The summed E-state index contributed by atoms with van der Waals surface area (Å²) in [6.07, 6.45) is 0. The molecule has 0 spiro atoms. The van der Waals surface area contributed by atoms with Gasteiger partial charge < -0.3 is 4.90 Å². The summed E-state index contributed by atoms with van der Waals surface area (Å²) in [5.74, 6) is -2.74. The maximum Gasteiger partial charge on any atom is 0.289 e. The van der Waals surface area contributed by atoms with Crippen LogP contribution in [0.4, 0.5) is 8.78 Å². The number of carbonyl (C=O) groups is 2. The van der Waals surface area contributed by atoms with E-state index in [9.17, 15) is 18.4 Å². The molecule has 16 heavy (non-hydrogen) atoms. The first kappa shape index (κ1) is 12.3. The number of rotatable bonds is 3. The molecule has 0 fully saturated rings. The zero-order chi connectivity index (χ0) is 12.3. The predicted molar refractivity (Wildman–Crippen MR) is 53.5 cm³/mol. The number of hydrogen-bond donors (Lipinski definition) is 0. The molecule has 0 aliphatic heterocycles. The van der Waals surface area contributed by atoms with Crippen LogP contribution in [0.5, 0.6) is 0 Å². The van der Waals surface area contributed by atoms with Crippen LogP contribution in [0, 0.1) is 11.6 Å². The van der Waals surface area contributed by atoms with Crippen molar-refractivity contribution < 1.29 is 18.4 Å².